The van der Waals surface area contributed by atoms with Crippen LogP contribution in [0.15, 0.2) is 36.5 Å². The van der Waals surface area contributed by atoms with Crippen LogP contribution in [0, 0.1) is 6.92 Å². The summed E-state index contributed by atoms with van der Waals surface area (Å²) in [4.78, 5) is 11.5. The SMILES string of the molecule is CCN(CC)CCOc1cc(C)nc2c1ccc1cccnc12. The second-order valence-electron chi connectivity index (χ2n) is 5.67. The van der Waals surface area contributed by atoms with Crippen molar-refractivity contribution in [3.63, 3.8) is 0 Å². The second kappa shape index (κ2) is 6.92. The minimum atomic E-state index is 0.681. The lowest BCUT2D eigenvalue weighted by Gasteiger charge is -2.18. The maximum absolute atomic E-state index is 6.07. The van der Waals surface area contributed by atoms with E-state index in [2.05, 4.69) is 46.9 Å². The van der Waals surface area contributed by atoms with E-state index >= 15 is 0 Å². The fraction of sp³-hybridized carbons (Fsp3) is 0.368. The zero-order valence-electron chi connectivity index (χ0n) is 14.0. The fourth-order valence-electron chi connectivity index (χ4n) is 2.86. The standard InChI is InChI=1S/C19H23N3O/c1-4-22(5-2)11-12-23-17-13-14(3)21-19-16(17)9-8-15-7-6-10-20-18(15)19/h6-10,13H,4-5,11-12H2,1-3H3. The lowest BCUT2D eigenvalue weighted by atomic mass is 10.1. The molecule has 0 aliphatic heterocycles. The van der Waals surface area contributed by atoms with Crippen LogP contribution < -0.4 is 4.74 Å². The summed E-state index contributed by atoms with van der Waals surface area (Å²) in [6, 6.07) is 10.2. The summed E-state index contributed by atoms with van der Waals surface area (Å²) in [5.41, 5.74) is 2.80. The van der Waals surface area contributed by atoms with E-state index < -0.39 is 0 Å². The predicted molar refractivity (Wildman–Crippen MR) is 95.1 cm³/mol. The van der Waals surface area contributed by atoms with Crippen molar-refractivity contribution in [3.8, 4) is 5.75 Å². The Morgan fingerprint density at radius 3 is 2.70 bits per heavy atom. The number of nitrogens with zero attached hydrogens (tertiary/aromatic N) is 3. The maximum atomic E-state index is 6.07. The number of likely N-dealkylation sites (N-methyl/N-ethyl adjacent to an activating group) is 1. The molecule has 0 bridgehead atoms. The topological polar surface area (TPSA) is 38.2 Å². The van der Waals surface area contributed by atoms with E-state index in [1.54, 1.807) is 0 Å². The van der Waals surface area contributed by atoms with Crippen LogP contribution in [-0.2, 0) is 0 Å². The van der Waals surface area contributed by atoms with Crippen molar-refractivity contribution in [3.05, 3.63) is 42.2 Å². The van der Waals surface area contributed by atoms with Gasteiger partial charge in [0.1, 0.15) is 17.9 Å². The van der Waals surface area contributed by atoms with E-state index in [0.717, 1.165) is 52.9 Å². The molecule has 23 heavy (non-hydrogen) atoms. The average Bonchev–Trinajstić information content (AvgIpc) is 2.58. The summed E-state index contributed by atoms with van der Waals surface area (Å²) in [6.07, 6.45) is 1.81. The molecule has 2 heterocycles. The molecule has 0 fully saturated rings. The zero-order valence-corrected chi connectivity index (χ0v) is 14.0. The first-order valence-electron chi connectivity index (χ1n) is 8.23. The van der Waals surface area contributed by atoms with Gasteiger partial charge in [-0.1, -0.05) is 26.0 Å². The fourth-order valence-corrected chi connectivity index (χ4v) is 2.86. The molecule has 0 saturated carbocycles. The normalized spacial score (nSPS) is 11.5. The molecule has 0 N–H and O–H groups in total. The molecular weight excluding hydrogens is 286 g/mol. The van der Waals surface area contributed by atoms with E-state index in [1.165, 1.54) is 0 Å². The number of benzene rings is 1. The molecule has 4 nitrogen and oxygen atoms in total. The van der Waals surface area contributed by atoms with Crippen LogP contribution in [0.5, 0.6) is 5.75 Å². The van der Waals surface area contributed by atoms with Crippen LogP contribution in [-0.4, -0.2) is 41.1 Å². The molecule has 3 aromatic rings. The molecule has 0 amide bonds. The number of hydrogen-bond donors (Lipinski definition) is 0. The minimum Gasteiger partial charge on any atom is -0.491 e. The highest BCUT2D eigenvalue weighted by Crippen LogP contribution is 2.30. The van der Waals surface area contributed by atoms with E-state index in [0.29, 0.717) is 6.61 Å². The van der Waals surface area contributed by atoms with Crippen molar-refractivity contribution in [2.45, 2.75) is 20.8 Å². The van der Waals surface area contributed by atoms with Gasteiger partial charge >= 0.3 is 0 Å². The highest BCUT2D eigenvalue weighted by Gasteiger charge is 2.10. The lowest BCUT2D eigenvalue weighted by molar-refractivity contribution is 0.224. The maximum Gasteiger partial charge on any atom is 0.130 e. The number of pyridine rings is 2. The molecule has 120 valence electrons. The van der Waals surface area contributed by atoms with Gasteiger partial charge < -0.3 is 9.64 Å². The van der Waals surface area contributed by atoms with Gasteiger partial charge in [-0.05, 0) is 32.1 Å². The Kier molecular flexibility index (Phi) is 4.72. The van der Waals surface area contributed by atoms with E-state index in [1.807, 2.05) is 25.3 Å². The third kappa shape index (κ3) is 3.27. The van der Waals surface area contributed by atoms with Crippen molar-refractivity contribution in [1.29, 1.82) is 0 Å². The van der Waals surface area contributed by atoms with Gasteiger partial charge in [0.05, 0.1) is 5.52 Å². The molecular formula is C19H23N3O. The highest BCUT2D eigenvalue weighted by atomic mass is 16.5. The van der Waals surface area contributed by atoms with Crippen molar-refractivity contribution in [2.75, 3.05) is 26.2 Å². The average molecular weight is 309 g/mol. The van der Waals surface area contributed by atoms with Gasteiger partial charge in [-0.25, -0.2) is 0 Å². The van der Waals surface area contributed by atoms with Crippen LogP contribution in [0.3, 0.4) is 0 Å². The molecule has 0 aliphatic carbocycles. The van der Waals surface area contributed by atoms with Crippen LogP contribution in [0.1, 0.15) is 19.5 Å². The number of rotatable bonds is 6. The van der Waals surface area contributed by atoms with E-state index in [-0.39, 0.29) is 0 Å². The van der Waals surface area contributed by atoms with Crippen molar-refractivity contribution >= 4 is 21.8 Å². The number of hydrogen-bond acceptors (Lipinski definition) is 4. The highest BCUT2D eigenvalue weighted by molar-refractivity contribution is 6.04. The first kappa shape index (κ1) is 15.7. The second-order valence-corrected chi connectivity index (χ2v) is 5.67. The van der Waals surface area contributed by atoms with Gasteiger partial charge in [-0.15, -0.1) is 0 Å². The van der Waals surface area contributed by atoms with Gasteiger partial charge in [0, 0.05) is 35.3 Å². The molecule has 2 aromatic heterocycles. The molecule has 0 spiro atoms. The first-order valence-corrected chi connectivity index (χ1v) is 8.23. The summed E-state index contributed by atoms with van der Waals surface area (Å²) in [6.45, 7) is 10.1. The van der Waals surface area contributed by atoms with Crippen LogP contribution in [0.2, 0.25) is 0 Å². The minimum absolute atomic E-state index is 0.681. The molecule has 3 rings (SSSR count). The van der Waals surface area contributed by atoms with Gasteiger partial charge in [0.2, 0.25) is 0 Å². The Balaban J connectivity index is 1.95. The molecule has 0 atom stereocenters. The van der Waals surface area contributed by atoms with Crippen LogP contribution in [0.25, 0.3) is 21.8 Å². The quantitative estimate of drug-likeness (QED) is 0.649. The van der Waals surface area contributed by atoms with Gasteiger partial charge in [-0.2, -0.15) is 0 Å². The Morgan fingerprint density at radius 1 is 1.09 bits per heavy atom. The van der Waals surface area contributed by atoms with E-state index in [9.17, 15) is 0 Å². The summed E-state index contributed by atoms with van der Waals surface area (Å²) in [5.74, 6) is 0.896. The number of fused-ring (bicyclic) bond motifs is 3. The number of ether oxygens (including phenoxy) is 1. The predicted octanol–water partition coefficient (Wildman–Crippen LogP) is 3.81. The molecule has 0 aliphatic rings. The molecule has 1 aromatic carbocycles. The summed E-state index contributed by atoms with van der Waals surface area (Å²) in [7, 11) is 0. The summed E-state index contributed by atoms with van der Waals surface area (Å²) < 4.78 is 6.07. The molecule has 0 unspecified atom stereocenters. The lowest BCUT2D eigenvalue weighted by Crippen LogP contribution is -2.27. The smallest absolute Gasteiger partial charge is 0.130 e. The van der Waals surface area contributed by atoms with Gasteiger partial charge in [-0.3, -0.25) is 9.97 Å². The summed E-state index contributed by atoms with van der Waals surface area (Å²) >= 11 is 0. The molecule has 4 heteroatoms. The van der Waals surface area contributed by atoms with Crippen LogP contribution in [0.4, 0.5) is 0 Å². The van der Waals surface area contributed by atoms with Gasteiger partial charge in [0.25, 0.3) is 0 Å². The number of aryl methyl sites for hydroxylation is 1. The van der Waals surface area contributed by atoms with Crippen molar-refractivity contribution < 1.29 is 4.74 Å². The number of aromatic nitrogens is 2. The Labute approximate surface area is 137 Å². The summed E-state index contributed by atoms with van der Waals surface area (Å²) in [5, 5.41) is 2.13. The van der Waals surface area contributed by atoms with Crippen LogP contribution >= 0.6 is 0 Å². The monoisotopic (exact) mass is 309 g/mol. The Hall–Kier alpha value is -2.20. The third-order valence-electron chi connectivity index (χ3n) is 4.20. The Bertz CT molecular complexity index is 812. The molecule has 0 radical (unpaired) electrons. The zero-order chi connectivity index (χ0) is 16.2. The third-order valence-corrected chi connectivity index (χ3v) is 4.20. The van der Waals surface area contributed by atoms with E-state index in [4.69, 9.17) is 4.74 Å². The van der Waals surface area contributed by atoms with Crippen molar-refractivity contribution in [2.24, 2.45) is 0 Å². The molecule has 0 saturated heterocycles. The van der Waals surface area contributed by atoms with Crippen molar-refractivity contribution in [1.82, 2.24) is 14.9 Å². The Morgan fingerprint density at radius 2 is 1.91 bits per heavy atom. The first-order chi connectivity index (χ1) is 11.2. The largest absolute Gasteiger partial charge is 0.491 e. The van der Waals surface area contributed by atoms with Gasteiger partial charge in [0.15, 0.2) is 0 Å².